The number of piperidine rings is 1. The van der Waals surface area contributed by atoms with E-state index in [1.807, 2.05) is 11.8 Å². The predicted molar refractivity (Wildman–Crippen MR) is 69.6 cm³/mol. The van der Waals surface area contributed by atoms with Crippen LogP contribution >= 0.6 is 11.8 Å². The van der Waals surface area contributed by atoms with Crippen LogP contribution in [0.4, 0.5) is 0 Å². The van der Waals surface area contributed by atoms with E-state index in [0.29, 0.717) is 5.92 Å². The smallest absolute Gasteiger partial charge is 0.119 e. The van der Waals surface area contributed by atoms with Crippen LogP contribution in [0, 0.1) is 0 Å². The highest BCUT2D eigenvalue weighted by Crippen LogP contribution is 2.33. The van der Waals surface area contributed by atoms with E-state index in [9.17, 15) is 0 Å². The molecular weight excluding hydrogens is 218 g/mol. The van der Waals surface area contributed by atoms with Gasteiger partial charge in [-0.25, -0.2) is 0 Å². The molecule has 2 rings (SSSR count). The molecule has 0 saturated carbocycles. The van der Waals surface area contributed by atoms with Gasteiger partial charge in [0.15, 0.2) is 0 Å². The van der Waals surface area contributed by atoms with E-state index in [0.717, 1.165) is 12.3 Å². The Kier molecular flexibility index (Phi) is 4.13. The van der Waals surface area contributed by atoms with Crippen LogP contribution < -0.4 is 10.1 Å². The quantitative estimate of drug-likeness (QED) is 0.817. The first-order valence-electron chi connectivity index (χ1n) is 5.78. The second-order valence-electron chi connectivity index (χ2n) is 4.15. The number of hydrogen-bond donors (Lipinski definition) is 1. The monoisotopic (exact) mass is 237 g/mol. The first kappa shape index (κ1) is 11.8. The van der Waals surface area contributed by atoms with Crippen molar-refractivity contribution < 1.29 is 4.74 Å². The third-order valence-electron chi connectivity index (χ3n) is 3.18. The third kappa shape index (κ3) is 2.53. The molecule has 88 valence electrons. The molecule has 3 heteroatoms. The zero-order valence-corrected chi connectivity index (χ0v) is 10.8. The number of rotatable bonds is 3. The molecule has 1 fully saturated rings. The molecule has 1 N–H and O–H groups in total. The Morgan fingerprint density at radius 2 is 2.31 bits per heavy atom. The van der Waals surface area contributed by atoms with Gasteiger partial charge in [-0.3, -0.25) is 0 Å². The van der Waals surface area contributed by atoms with Crippen molar-refractivity contribution in [3.8, 4) is 5.75 Å². The molecule has 0 amide bonds. The van der Waals surface area contributed by atoms with E-state index in [1.165, 1.54) is 29.8 Å². The Hall–Kier alpha value is -0.670. The molecule has 1 aromatic rings. The van der Waals surface area contributed by atoms with E-state index >= 15 is 0 Å². The van der Waals surface area contributed by atoms with Crippen molar-refractivity contribution in [2.24, 2.45) is 0 Å². The van der Waals surface area contributed by atoms with Crippen LogP contribution in [0.15, 0.2) is 23.1 Å². The van der Waals surface area contributed by atoms with Gasteiger partial charge in [0.2, 0.25) is 0 Å². The maximum Gasteiger partial charge on any atom is 0.119 e. The van der Waals surface area contributed by atoms with Gasteiger partial charge in [0, 0.05) is 11.4 Å². The van der Waals surface area contributed by atoms with Crippen LogP contribution in [0.2, 0.25) is 0 Å². The van der Waals surface area contributed by atoms with Crippen LogP contribution in [0.25, 0.3) is 0 Å². The molecule has 0 radical (unpaired) electrons. The van der Waals surface area contributed by atoms with Gasteiger partial charge in [-0.1, -0.05) is 6.07 Å². The maximum atomic E-state index is 5.27. The summed E-state index contributed by atoms with van der Waals surface area (Å²) in [6.07, 6.45) is 4.71. The van der Waals surface area contributed by atoms with Gasteiger partial charge in [0.25, 0.3) is 0 Å². The molecule has 1 atom stereocenters. The van der Waals surface area contributed by atoms with Crippen molar-refractivity contribution in [2.75, 3.05) is 26.5 Å². The average Bonchev–Trinajstić information content (AvgIpc) is 2.39. The minimum atomic E-state index is 0.669. The number of ether oxygens (including phenoxy) is 1. The fourth-order valence-corrected chi connectivity index (χ4v) is 2.98. The lowest BCUT2D eigenvalue weighted by Crippen LogP contribution is -2.28. The van der Waals surface area contributed by atoms with Crippen LogP contribution in [0.3, 0.4) is 0 Å². The summed E-state index contributed by atoms with van der Waals surface area (Å²) in [7, 11) is 1.72. The lowest BCUT2D eigenvalue weighted by Gasteiger charge is -2.25. The van der Waals surface area contributed by atoms with Crippen LogP contribution in [-0.2, 0) is 0 Å². The van der Waals surface area contributed by atoms with E-state index in [2.05, 4.69) is 29.8 Å². The van der Waals surface area contributed by atoms with Crippen LogP contribution in [0.5, 0.6) is 5.75 Å². The van der Waals surface area contributed by atoms with Gasteiger partial charge in [-0.15, -0.1) is 11.8 Å². The minimum Gasteiger partial charge on any atom is -0.497 e. The first-order chi connectivity index (χ1) is 7.85. The van der Waals surface area contributed by atoms with E-state index in [1.54, 1.807) is 7.11 Å². The molecule has 0 spiro atoms. The zero-order chi connectivity index (χ0) is 11.4. The second-order valence-corrected chi connectivity index (χ2v) is 5.00. The molecular formula is C13H19NOS. The number of benzene rings is 1. The number of hydrogen-bond acceptors (Lipinski definition) is 3. The van der Waals surface area contributed by atoms with Crippen molar-refractivity contribution in [1.29, 1.82) is 0 Å². The molecule has 16 heavy (non-hydrogen) atoms. The second kappa shape index (κ2) is 5.60. The van der Waals surface area contributed by atoms with Gasteiger partial charge >= 0.3 is 0 Å². The molecule has 1 aliphatic rings. The molecule has 0 bridgehead atoms. The highest BCUT2D eigenvalue weighted by atomic mass is 32.2. The lowest BCUT2D eigenvalue weighted by molar-refractivity contribution is 0.412. The lowest BCUT2D eigenvalue weighted by atomic mass is 9.91. The van der Waals surface area contributed by atoms with Crippen molar-refractivity contribution >= 4 is 11.8 Å². The van der Waals surface area contributed by atoms with E-state index in [-0.39, 0.29) is 0 Å². The summed E-state index contributed by atoms with van der Waals surface area (Å²) in [6.45, 7) is 2.28. The zero-order valence-electron chi connectivity index (χ0n) is 9.95. The van der Waals surface area contributed by atoms with Crippen molar-refractivity contribution in [2.45, 2.75) is 23.7 Å². The Morgan fingerprint density at radius 1 is 1.44 bits per heavy atom. The fourth-order valence-electron chi connectivity index (χ4n) is 2.27. The molecule has 1 saturated heterocycles. The number of thioether (sulfide) groups is 1. The molecule has 1 unspecified atom stereocenters. The summed E-state index contributed by atoms with van der Waals surface area (Å²) >= 11 is 1.81. The van der Waals surface area contributed by atoms with Crippen LogP contribution in [0.1, 0.15) is 24.3 Å². The molecule has 2 nitrogen and oxygen atoms in total. The van der Waals surface area contributed by atoms with Crippen molar-refractivity contribution in [1.82, 2.24) is 5.32 Å². The van der Waals surface area contributed by atoms with Gasteiger partial charge in [0.1, 0.15) is 5.75 Å². The van der Waals surface area contributed by atoms with Gasteiger partial charge in [-0.05, 0) is 49.3 Å². The van der Waals surface area contributed by atoms with E-state index < -0.39 is 0 Å². The van der Waals surface area contributed by atoms with Gasteiger partial charge in [0.05, 0.1) is 7.11 Å². The normalized spacial score (nSPS) is 20.8. The predicted octanol–water partition coefficient (Wildman–Crippen LogP) is 2.88. The minimum absolute atomic E-state index is 0.669. The number of nitrogens with one attached hydrogen (secondary N) is 1. The van der Waals surface area contributed by atoms with Crippen LogP contribution in [-0.4, -0.2) is 26.5 Å². The summed E-state index contributed by atoms with van der Waals surface area (Å²) in [5.41, 5.74) is 1.47. The van der Waals surface area contributed by atoms with Gasteiger partial charge in [-0.2, -0.15) is 0 Å². The fraction of sp³-hybridized carbons (Fsp3) is 0.538. The molecule has 1 heterocycles. The summed E-state index contributed by atoms with van der Waals surface area (Å²) in [5.74, 6) is 1.62. The molecule has 1 aliphatic heterocycles. The van der Waals surface area contributed by atoms with E-state index in [4.69, 9.17) is 4.74 Å². The summed E-state index contributed by atoms with van der Waals surface area (Å²) < 4.78 is 5.27. The highest BCUT2D eigenvalue weighted by Gasteiger charge is 2.18. The topological polar surface area (TPSA) is 21.3 Å². The summed E-state index contributed by atoms with van der Waals surface area (Å²) in [4.78, 5) is 1.35. The largest absolute Gasteiger partial charge is 0.497 e. The maximum absolute atomic E-state index is 5.27. The number of methoxy groups -OCH3 is 1. The Bertz CT molecular complexity index is 348. The van der Waals surface area contributed by atoms with Crippen molar-refractivity contribution in [3.05, 3.63) is 23.8 Å². The SMILES string of the molecule is COc1ccc(C2CCCNC2)c(SC)c1. The van der Waals surface area contributed by atoms with Gasteiger partial charge < -0.3 is 10.1 Å². The molecule has 0 aromatic heterocycles. The third-order valence-corrected chi connectivity index (χ3v) is 3.97. The molecule has 0 aliphatic carbocycles. The van der Waals surface area contributed by atoms with Crippen molar-refractivity contribution in [3.63, 3.8) is 0 Å². The summed E-state index contributed by atoms with van der Waals surface area (Å²) in [6, 6.07) is 6.45. The Balaban J connectivity index is 2.24. The summed E-state index contributed by atoms with van der Waals surface area (Å²) in [5, 5.41) is 3.47. The standard InChI is InChI=1S/C13H19NOS/c1-15-11-5-6-12(13(8-11)16-2)10-4-3-7-14-9-10/h5-6,8,10,14H,3-4,7,9H2,1-2H3. The highest BCUT2D eigenvalue weighted by molar-refractivity contribution is 7.98. The Morgan fingerprint density at radius 3 is 2.94 bits per heavy atom. The molecule has 1 aromatic carbocycles. The first-order valence-corrected chi connectivity index (χ1v) is 7.00. The Labute approximate surface area is 102 Å². The average molecular weight is 237 g/mol.